The van der Waals surface area contributed by atoms with E-state index in [1.807, 2.05) is 61.5 Å². The number of carbonyl (C=O) groups excluding carboxylic acids is 1. The van der Waals surface area contributed by atoms with Crippen LogP contribution in [0, 0.1) is 6.92 Å². The highest BCUT2D eigenvalue weighted by Crippen LogP contribution is 2.40. The van der Waals surface area contributed by atoms with Crippen LogP contribution in [-0.4, -0.2) is 30.9 Å². The monoisotopic (exact) mass is 416 g/mol. The fraction of sp³-hybridized carbons (Fsp3) is 0.136. The van der Waals surface area contributed by atoms with Crippen LogP contribution in [0.1, 0.15) is 29.2 Å². The number of nitrogens with one attached hydrogen (secondary N) is 1. The molecule has 8 heteroatoms. The second-order valence-electron chi connectivity index (χ2n) is 7.12. The Bertz CT molecular complexity index is 1240. The van der Waals surface area contributed by atoms with Gasteiger partial charge in [0.05, 0.1) is 17.6 Å². The number of hydrogen-bond acceptors (Lipinski definition) is 5. The molecule has 7 nitrogen and oxygen atoms in total. The minimum absolute atomic E-state index is 0.0872. The molecule has 1 aliphatic rings. The molecule has 2 aromatic carbocycles. The highest BCUT2D eigenvalue weighted by atomic mass is 35.5. The summed E-state index contributed by atoms with van der Waals surface area (Å²) in [6.07, 6.45) is 1.95. The van der Waals surface area contributed by atoms with Gasteiger partial charge in [-0.2, -0.15) is 14.9 Å². The molecule has 3 heterocycles. The number of anilines is 1. The van der Waals surface area contributed by atoms with Gasteiger partial charge in [-0.3, -0.25) is 4.79 Å². The van der Waals surface area contributed by atoms with Gasteiger partial charge in [0.2, 0.25) is 5.91 Å². The zero-order chi connectivity index (χ0) is 20.7. The van der Waals surface area contributed by atoms with Gasteiger partial charge in [-0.15, -0.1) is 5.10 Å². The van der Waals surface area contributed by atoms with Crippen molar-refractivity contribution in [2.24, 2.45) is 0 Å². The molecule has 0 saturated heterocycles. The lowest BCUT2D eigenvalue weighted by atomic mass is 9.86. The molecule has 5 rings (SSSR count). The van der Waals surface area contributed by atoms with Crippen LogP contribution in [0.4, 0.5) is 5.82 Å². The SMILES string of the molecule is Cc1nn(-c2nncc(-c3ccccc3)n2)c2c1C(c1ccc(Cl)cc1)CC(=O)N2. The first-order valence-corrected chi connectivity index (χ1v) is 9.88. The predicted octanol–water partition coefficient (Wildman–Crippen LogP) is 4.16. The van der Waals surface area contributed by atoms with Crippen molar-refractivity contribution in [2.45, 2.75) is 19.3 Å². The van der Waals surface area contributed by atoms with Gasteiger partial charge in [-0.05, 0) is 24.6 Å². The van der Waals surface area contributed by atoms with Crippen molar-refractivity contribution in [3.05, 3.63) is 82.6 Å². The molecule has 148 valence electrons. The second-order valence-corrected chi connectivity index (χ2v) is 7.56. The van der Waals surface area contributed by atoms with Gasteiger partial charge < -0.3 is 5.32 Å². The van der Waals surface area contributed by atoms with E-state index in [4.69, 9.17) is 11.6 Å². The van der Waals surface area contributed by atoms with E-state index in [2.05, 4.69) is 25.6 Å². The van der Waals surface area contributed by atoms with E-state index in [-0.39, 0.29) is 11.8 Å². The minimum Gasteiger partial charge on any atom is -0.310 e. The lowest BCUT2D eigenvalue weighted by Crippen LogP contribution is -2.25. The van der Waals surface area contributed by atoms with E-state index in [1.165, 1.54) is 0 Å². The second kappa shape index (κ2) is 7.35. The van der Waals surface area contributed by atoms with Gasteiger partial charge in [0.1, 0.15) is 5.82 Å². The molecule has 1 N–H and O–H groups in total. The van der Waals surface area contributed by atoms with E-state index in [1.54, 1.807) is 10.9 Å². The first kappa shape index (κ1) is 18.4. The summed E-state index contributed by atoms with van der Waals surface area (Å²) in [5.74, 6) is 0.675. The van der Waals surface area contributed by atoms with Gasteiger partial charge >= 0.3 is 0 Å². The van der Waals surface area contributed by atoms with Crippen LogP contribution in [0.3, 0.4) is 0 Å². The van der Waals surface area contributed by atoms with Crippen molar-refractivity contribution in [2.75, 3.05) is 5.32 Å². The smallest absolute Gasteiger partial charge is 0.272 e. The summed E-state index contributed by atoms with van der Waals surface area (Å²) in [6, 6.07) is 17.3. The first-order valence-electron chi connectivity index (χ1n) is 9.50. The molecule has 0 spiro atoms. The number of amides is 1. The summed E-state index contributed by atoms with van der Waals surface area (Å²) in [7, 11) is 0. The number of aryl methyl sites for hydroxylation is 1. The van der Waals surface area contributed by atoms with Crippen molar-refractivity contribution in [1.29, 1.82) is 0 Å². The van der Waals surface area contributed by atoms with Crippen LogP contribution in [0.25, 0.3) is 17.2 Å². The maximum Gasteiger partial charge on any atom is 0.272 e. The van der Waals surface area contributed by atoms with Crippen LogP contribution < -0.4 is 5.32 Å². The molecule has 0 aliphatic carbocycles. The number of hydrogen-bond donors (Lipinski definition) is 1. The van der Waals surface area contributed by atoms with Crippen LogP contribution in [-0.2, 0) is 4.79 Å². The van der Waals surface area contributed by atoms with Gasteiger partial charge in [-0.1, -0.05) is 54.1 Å². The zero-order valence-corrected chi connectivity index (χ0v) is 16.8. The molecule has 2 aromatic heterocycles. The molecule has 1 aliphatic heterocycles. The topological polar surface area (TPSA) is 85.6 Å². The van der Waals surface area contributed by atoms with Crippen LogP contribution in [0.5, 0.6) is 0 Å². The standard InChI is InChI=1S/C22H17ClN6O/c1-13-20-17(14-7-9-16(23)10-8-14)11-19(30)26-21(20)29(28-13)22-25-18(12-24-27-22)15-5-3-2-4-6-15/h2-10,12,17H,11H2,1H3,(H,26,30). The molecular formula is C22H17ClN6O. The van der Waals surface area contributed by atoms with E-state index < -0.39 is 0 Å². The average molecular weight is 417 g/mol. The summed E-state index contributed by atoms with van der Waals surface area (Å²) >= 11 is 6.04. The van der Waals surface area contributed by atoms with E-state index in [0.29, 0.717) is 28.9 Å². The third-order valence-corrected chi connectivity index (χ3v) is 5.43. The van der Waals surface area contributed by atoms with Crippen molar-refractivity contribution in [3.63, 3.8) is 0 Å². The highest BCUT2D eigenvalue weighted by Gasteiger charge is 2.33. The van der Waals surface area contributed by atoms with E-state index >= 15 is 0 Å². The number of fused-ring (bicyclic) bond motifs is 1. The molecule has 1 atom stereocenters. The molecular weight excluding hydrogens is 400 g/mol. The number of aromatic nitrogens is 5. The number of halogens is 1. The Morgan fingerprint density at radius 2 is 1.87 bits per heavy atom. The van der Waals surface area contributed by atoms with Crippen LogP contribution in [0.2, 0.25) is 5.02 Å². The molecule has 0 saturated carbocycles. The summed E-state index contributed by atoms with van der Waals surface area (Å²) in [5, 5.41) is 16.5. The van der Waals surface area contributed by atoms with Crippen molar-refractivity contribution in [3.8, 4) is 17.2 Å². The first-order chi connectivity index (χ1) is 14.6. The third-order valence-electron chi connectivity index (χ3n) is 5.18. The summed E-state index contributed by atoms with van der Waals surface area (Å²) in [5.41, 5.74) is 4.37. The Kier molecular flexibility index (Phi) is 4.52. The lowest BCUT2D eigenvalue weighted by Gasteiger charge is -2.24. The number of rotatable bonds is 3. The molecule has 30 heavy (non-hydrogen) atoms. The van der Waals surface area contributed by atoms with Crippen LogP contribution in [0.15, 0.2) is 60.8 Å². The summed E-state index contributed by atoms with van der Waals surface area (Å²) in [4.78, 5) is 17.2. The molecule has 0 fully saturated rings. The largest absolute Gasteiger partial charge is 0.310 e. The molecule has 0 radical (unpaired) electrons. The molecule has 1 amide bonds. The summed E-state index contributed by atoms with van der Waals surface area (Å²) < 4.78 is 1.56. The van der Waals surface area contributed by atoms with E-state index in [9.17, 15) is 4.79 Å². The fourth-order valence-corrected chi connectivity index (χ4v) is 3.93. The molecule has 0 bridgehead atoms. The Labute approximate surface area is 177 Å². The zero-order valence-electron chi connectivity index (χ0n) is 16.1. The Balaban J connectivity index is 1.62. The van der Waals surface area contributed by atoms with Crippen LogP contribution >= 0.6 is 11.6 Å². The van der Waals surface area contributed by atoms with Crippen molar-refractivity contribution >= 4 is 23.3 Å². The normalized spacial score (nSPS) is 15.5. The Hall–Kier alpha value is -3.58. The number of benzene rings is 2. The van der Waals surface area contributed by atoms with Gasteiger partial charge in [-0.25, -0.2) is 4.98 Å². The summed E-state index contributed by atoms with van der Waals surface area (Å²) in [6.45, 7) is 1.92. The quantitative estimate of drug-likeness (QED) is 0.542. The van der Waals surface area contributed by atoms with Gasteiger partial charge in [0, 0.05) is 28.5 Å². The molecule has 1 unspecified atom stereocenters. The average Bonchev–Trinajstić information content (AvgIpc) is 3.11. The lowest BCUT2D eigenvalue weighted by molar-refractivity contribution is -0.116. The Morgan fingerprint density at radius 1 is 1.10 bits per heavy atom. The van der Waals surface area contributed by atoms with E-state index in [0.717, 1.165) is 22.4 Å². The van der Waals surface area contributed by atoms with Gasteiger partial charge in [0.15, 0.2) is 0 Å². The van der Waals surface area contributed by atoms with Crippen molar-refractivity contribution < 1.29 is 4.79 Å². The third kappa shape index (κ3) is 3.23. The molecule has 4 aromatic rings. The predicted molar refractivity (Wildman–Crippen MR) is 114 cm³/mol. The van der Waals surface area contributed by atoms with Gasteiger partial charge in [0.25, 0.3) is 5.95 Å². The number of carbonyl (C=O) groups is 1. The van der Waals surface area contributed by atoms with Crippen molar-refractivity contribution in [1.82, 2.24) is 25.0 Å². The Morgan fingerprint density at radius 3 is 2.63 bits per heavy atom. The fourth-order valence-electron chi connectivity index (χ4n) is 3.80. The maximum atomic E-state index is 12.5. The number of nitrogens with zero attached hydrogens (tertiary/aromatic N) is 5. The highest BCUT2D eigenvalue weighted by molar-refractivity contribution is 6.30. The maximum absolute atomic E-state index is 12.5. The minimum atomic E-state index is -0.120.